The number of ether oxygens (including phenoxy) is 2. The maximum absolute atomic E-state index is 5.64. The molecular formula is C9H17N3O2S. The van der Waals surface area contributed by atoms with Crippen molar-refractivity contribution in [2.24, 2.45) is 0 Å². The first-order valence-electron chi connectivity index (χ1n) is 4.73. The summed E-state index contributed by atoms with van der Waals surface area (Å²) in [5.74, 6) is 1.06. The average molecular weight is 231 g/mol. The van der Waals surface area contributed by atoms with E-state index in [0.29, 0.717) is 17.6 Å². The molecule has 0 saturated carbocycles. The van der Waals surface area contributed by atoms with Gasteiger partial charge in [0, 0.05) is 19.8 Å². The molecule has 0 spiro atoms. The molecule has 0 aliphatic rings. The van der Waals surface area contributed by atoms with Gasteiger partial charge in [-0.3, -0.25) is 0 Å². The summed E-state index contributed by atoms with van der Waals surface area (Å²) in [7, 11) is 3.28. The third-order valence-electron chi connectivity index (χ3n) is 2.01. The largest absolute Gasteiger partial charge is 0.490 e. The Hall–Kier alpha value is -1.01. The van der Waals surface area contributed by atoms with Crippen molar-refractivity contribution in [1.82, 2.24) is 4.37 Å². The van der Waals surface area contributed by atoms with Gasteiger partial charge in [0.25, 0.3) is 0 Å². The Balaban J connectivity index is 2.55. The zero-order chi connectivity index (χ0) is 11.3. The number of hydrogen-bond acceptors (Lipinski definition) is 6. The monoisotopic (exact) mass is 231 g/mol. The zero-order valence-electron chi connectivity index (χ0n) is 9.24. The summed E-state index contributed by atoms with van der Waals surface area (Å²) in [5, 5.41) is 4.16. The van der Waals surface area contributed by atoms with Crippen molar-refractivity contribution in [2.75, 3.05) is 31.9 Å². The molecule has 1 aromatic heterocycles. The summed E-state index contributed by atoms with van der Waals surface area (Å²) in [4.78, 5) is 0. The maximum Gasteiger partial charge on any atom is 0.197 e. The van der Waals surface area contributed by atoms with Crippen molar-refractivity contribution in [3.05, 3.63) is 0 Å². The van der Waals surface area contributed by atoms with Gasteiger partial charge in [-0.15, -0.1) is 0 Å². The molecule has 86 valence electrons. The highest BCUT2D eigenvalue weighted by Gasteiger charge is 2.13. The van der Waals surface area contributed by atoms with Crippen molar-refractivity contribution in [1.29, 1.82) is 0 Å². The second-order valence-electron chi connectivity index (χ2n) is 3.26. The van der Waals surface area contributed by atoms with E-state index in [2.05, 4.69) is 16.6 Å². The van der Waals surface area contributed by atoms with E-state index < -0.39 is 0 Å². The number of nitrogens with zero attached hydrogens (tertiary/aromatic N) is 1. The fourth-order valence-electron chi connectivity index (χ4n) is 1.17. The average Bonchev–Trinajstić information content (AvgIpc) is 2.56. The van der Waals surface area contributed by atoms with Crippen molar-refractivity contribution in [2.45, 2.75) is 19.4 Å². The maximum atomic E-state index is 5.64. The zero-order valence-corrected chi connectivity index (χ0v) is 10.1. The van der Waals surface area contributed by atoms with Gasteiger partial charge in [-0.05, 0) is 24.9 Å². The molecule has 0 radical (unpaired) electrons. The Kier molecular flexibility index (Phi) is 4.64. The minimum atomic E-state index is 0.304. The van der Waals surface area contributed by atoms with Crippen LogP contribution in [-0.4, -0.2) is 31.2 Å². The SMILES string of the molecule is COCCC(C)Nc1snc(N)c1OC. The molecule has 0 amide bonds. The lowest BCUT2D eigenvalue weighted by Crippen LogP contribution is -2.16. The molecule has 0 fully saturated rings. The first-order chi connectivity index (χ1) is 7.19. The Morgan fingerprint density at radius 2 is 2.27 bits per heavy atom. The van der Waals surface area contributed by atoms with Gasteiger partial charge in [0.2, 0.25) is 0 Å². The van der Waals surface area contributed by atoms with Crippen LogP contribution < -0.4 is 15.8 Å². The van der Waals surface area contributed by atoms with E-state index in [1.807, 2.05) is 0 Å². The number of aromatic nitrogens is 1. The molecule has 1 atom stereocenters. The fourth-order valence-corrected chi connectivity index (χ4v) is 1.97. The number of rotatable bonds is 6. The van der Waals surface area contributed by atoms with Crippen LogP contribution in [0.3, 0.4) is 0 Å². The van der Waals surface area contributed by atoms with Crippen molar-refractivity contribution < 1.29 is 9.47 Å². The quantitative estimate of drug-likeness (QED) is 0.777. The van der Waals surface area contributed by atoms with Gasteiger partial charge in [-0.25, -0.2) is 0 Å². The van der Waals surface area contributed by atoms with Crippen LogP contribution in [0.15, 0.2) is 0 Å². The number of anilines is 2. The Labute approximate surface area is 93.7 Å². The molecule has 5 nitrogen and oxygen atoms in total. The molecule has 0 aliphatic carbocycles. The van der Waals surface area contributed by atoms with E-state index in [4.69, 9.17) is 15.2 Å². The number of methoxy groups -OCH3 is 2. The molecule has 1 unspecified atom stereocenters. The molecule has 0 bridgehead atoms. The normalized spacial score (nSPS) is 12.5. The molecule has 6 heteroatoms. The first-order valence-corrected chi connectivity index (χ1v) is 5.51. The van der Waals surface area contributed by atoms with Crippen molar-refractivity contribution in [3.8, 4) is 5.75 Å². The van der Waals surface area contributed by atoms with Crippen molar-refractivity contribution >= 4 is 22.4 Å². The lowest BCUT2D eigenvalue weighted by Gasteiger charge is -2.13. The number of nitrogen functional groups attached to an aromatic ring is 1. The lowest BCUT2D eigenvalue weighted by atomic mass is 10.2. The highest BCUT2D eigenvalue weighted by molar-refractivity contribution is 7.11. The predicted octanol–water partition coefficient (Wildman–Crippen LogP) is 1.57. The van der Waals surface area contributed by atoms with Gasteiger partial charge in [-0.2, -0.15) is 4.37 Å². The van der Waals surface area contributed by atoms with Gasteiger partial charge in [-0.1, -0.05) is 0 Å². The van der Waals surface area contributed by atoms with Gasteiger partial charge in [0.1, 0.15) is 0 Å². The van der Waals surface area contributed by atoms with Crippen LogP contribution in [0.25, 0.3) is 0 Å². The molecule has 3 N–H and O–H groups in total. The smallest absolute Gasteiger partial charge is 0.197 e. The lowest BCUT2D eigenvalue weighted by molar-refractivity contribution is 0.191. The minimum Gasteiger partial charge on any atom is -0.490 e. The molecule has 0 aliphatic heterocycles. The summed E-state index contributed by atoms with van der Waals surface area (Å²) in [6.07, 6.45) is 0.928. The Morgan fingerprint density at radius 3 is 2.87 bits per heavy atom. The third-order valence-corrected chi connectivity index (χ3v) is 2.78. The highest BCUT2D eigenvalue weighted by Crippen LogP contribution is 2.35. The summed E-state index contributed by atoms with van der Waals surface area (Å²) in [6.45, 7) is 2.80. The van der Waals surface area contributed by atoms with E-state index in [0.717, 1.165) is 18.0 Å². The van der Waals surface area contributed by atoms with Crippen LogP contribution in [0.5, 0.6) is 5.75 Å². The van der Waals surface area contributed by atoms with Crippen molar-refractivity contribution in [3.63, 3.8) is 0 Å². The van der Waals surface area contributed by atoms with Gasteiger partial charge >= 0.3 is 0 Å². The Morgan fingerprint density at radius 1 is 1.53 bits per heavy atom. The minimum absolute atomic E-state index is 0.304. The summed E-state index contributed by atoms with van der Waals surface area (Å²) < 4.78 is 14.2. The summed E-state index contributed by atoms with van der Waals surface area (Å²) >= 11 is 1.31. The second-order valence-corrected chi connectivity index (χ2v) is 4.03. The number of nitrogens with one attached hydrogen (secondary N) is 1. The van der Waals surface area contributed by atoms with Crippen LogP contribution >= 0.6 is 11.5 Å². The second kappa shape index (κ2) is 5.77. The molecule has 1 rings (SSSR count). The van der Waals surface area contributed by atoms with Crippen LogP contribution in [0, 0.1) is 0 Å². The van der Waals surface area contributed by atoms with Crippen LogP contribution in [0.4, 0.5) is 10.8 Å². The topological polar surface area (TPSA) is 69.4 Å². The van der Waals surface area contributed by atoms with E-state index >= 15 is 0 Å². The highest BCUT2D eigenvalue weighted by atomic mass is 32.1. The van der Waals surface area contributed by atoms with Gasteiger partial charge < -0.3 is 20.5 Å². The van der Waals surface area contributed by atoms with E-state index in [1.165, 1.54) is 11.5 Å². The van der Waals surface area contributed by atoms with E-state index in [9.17, 15) is 0 Å². The molecule has 1 heterocycles. The first kappa shape index (κ1) is 12.1. The molecule has 1 aromatic rings. The molecular weight excluding hydrogens is 214 g/mol. The Bertz CT molecular complexity index is 304. The van der Waals surface area contributed by atoms with E-state index in [1.54, 1.807) is 14.2 Å². The third kappa shape index (κ3) is 3.24. The van der Waals surface area contributed by atoms with Crippen LogP contribution in [0.1, 0.15) is 13.3 Å². The summed E-state index contributed by atoms with van der Waals surface area (Å²) in [6, 6.07) is 0.304. The molecule has 0 aromatic carbocycles. The number of hydrogen-bond donors (Lipinski definition) is 2. The van der Waals surface area contributed by atoms with Crippen LogP contribution in [-0.2, 0) is 4.74 Å². The summed E-state index contributed by atoms with van der Waals surface area (Å²) in [5.41, 5.74) is 5.64. The van der Waals surface area contributed by atoms with Gasteiger partial charge in [0.15, 0.2) is 16.6 Å². The molecule has 15 heavy (non-hydrogen) atoms. The van der Waals surface area contributed by atoms with Gasteiger partial charge in [0.05, 0.1) is 7.11 Å². The number of nitrogens with two attached hydrogens (primary N) is 1. The molecule has 0 saturated heterocycles. The standard InChI is InChI=1S/C9H17N3O2S/c1-6(4-5-13-2)11-9-7(14-3)8(10)12-15-9/h6,11H,4-5H2,1-3H3,(H2,10,12). The fraction of sp³-hybridized carbons (Fsp3) is 0.667. The van der Waals surface area contributed by atoms with Crippen LogP contribution in [0.2, 0.25) is 0 Å². The van der Waals surface area contributed by atoms with E-state index in [-0.39, 0.29) is 0 Å². The predicted molar refractivity (Wildman–Crippen MR) is 62.7 cm³/mol.